The summed E-state index contributed by atoms with van der Waals surface area (Å²) in [5.74, 6) is -0.0501. The van der Waals surface area contributed by atoms with Gasteiger partial charge in [0.25, 0.3) is 11.5 Å². The minimum Gasteiger partial charge on any atom is -0.454 e. The van der Waals surface area contributed by atoms with Crippen molar-refractivity contribution in [1.82, 2.24) is 10.3 Å². The Morgan fingerprint density at radius 1 is 1.28 bits per heavy atom. The number of amides is 1. The first-order valence-electron chi connectivity index (χ1n) is 7.59. The number of aromatic nitrogens is 1. The number of benzene rings is 1. The van der Waals surface area contributed by atoms with Gasteiger partial charge in [0.1, 0.15) is 5.56 Å². The number of carbonyl (C=O) groups is 2. The third-order valence-electron chi connectivity index (χ3n) is 3.59. The van der Waals surface area contributed by atoms with Gasteiger partial charge in [-0.05, 0) is 36.8 Å². The lowest BCUT2D eigenvalue weighted by molar-refractivity contribution is -0.129. The van der Waals surface area contributed by atoms with Gasteiger partial charge in [0.15, 0.2) is 17.6 Å². The molecule has 0 fully saturated rings. The maximum absolute atomic E-state index is 12.1. The van der Waals surface area contributed by atoms with Crippen LogP contribution in [-0.2, 0) is 16.1 Å². The molecule has 2 N–H and O–H groups in total. The normalized spacial score (nSPS) is 13.2. The number of rotatable bonds is 5. The van der Waals surface area contributed by atoms with E-state index in [0.29, 0.717) is 11.5 Å². The number of carbonyl (C=O) groups excluding carboxylic acids is 2. The third kappa shape index (κ3) is 3.79. The molecule has 1 aliphatic heterocycles. The van der Waals surface area contributed by atoms with Crippen LogP contribution in [0.1, 0.15) is 22.8 Å². The zero-order valence-corrected chi connectivity index (χ0v) is 13.4. The molecule has 0 spiro atoms. The van der Waals surface area contributed by atoms with Gasteiger partial charge >= 0.3 is 5.97 Å². The second-order valence-electron chi connectivity index (χ2n) is 5.37. The van der Waals surface area contributed by atoms with E-state index in [1.54, 1.807) is 18.2 Å². The fraction of sp³-hybridized carbons (Fsp3) is 0.235. The number of hydrogen-bond donors (Lipinski definition) is 2. The first-order valence-corrected chi connectivity index (χ1v) is 7.59. The number of nitrogens with one attached hydrogen (secondary N) is 2. The van der Waals surface area contributed by atoms with Crippen molar-refractivity contribution in [3.63, 3.8) is 0 Å². The molecule has 1 aromatic heterocycles. The number of H-pyrrole nitrogens is 1. The Kier molecular flexibility index (Phi) is 4.69. The summed E-state index contributed by atoms with van der Waals surface area (Å²) in [6, 6.07) is 8.16. The number of esters is 1. The summed E-state index contributed by atoms with van der Waals surface area (Å²) in [6.45, 7) is 1.85. The standard InChI is InChI=1S/C17H16N2O6/c1-10(25-17(22)12-3-2-6-18-16(12)21)15(20)19-8-11-4-5-13-14(7-11)24-9-23-13/h2-7,10H,8-9H2,1H3,(H,18,21)(H,19,20)/t10-/m0/s1. The van der Waals surface area contributed by atoms with Crippen molar-refractivity contribution >= 4 is 11.9 Å². The van der Waals surface area contributed by atoms with Crippen LogP contribution in [0.15, 0.2) is 41.3 Å². The Bertz CT molecular complexity index is 860. The van der Waals surface area contributed by atoms with E-state index in [1.807, 2.05) is 0 Å². The van der Waals surface area contributed by atoms with Crippen molar-refractivity contribution in [2.75, 3.05) is 6.79 Å². The van der Waals surface area contributed by atoms with Gasteiger partial charge in [-0.1, -0.05) is 6.07 Å². The summed E-state index contributed by atoms with van der Waals surface area (Å²) in [4.78, 5) is 37.9. The summed E-state index contributed by atoms with van der Waals surface area (Å²) in [5.41, 5.74) is 0.0917. The highest BCUT2D eigenvalue weighted by atomic mass is 16.7. The van der Waals surface area contributed by atoms with E-state index in [9.17, 15) is 14.4 Å². The van der Waals surface area contributed by atoms with E-state index >= 15 is 0 Å². The fourth-order valence-corrected chi connectivity index (χ4v) is 2.24. The van der Waals surface area contributed by atoms with Gasteiger partial charge in [-0.2, -0.15) is 0 Å². The number of fused-ring (bicyclic) bond motifs is 1. The third-order valence-corrected chi connectivity index (χ3v) is 3.59. The van der Waals surface area contributed by atoms with Gasteiger partial charge in [-0.3, -0.25) is 9.59 Å². The Morgan fingerprint density at radius 3 is 2.88 bits per heavy atom. The Labute approximate surface area is 142 Å². The molecule has 1 amide bonds. The Morgan fingerprint density at radius 2 is 2.08 bits per heavy atom. The topological polar surface area (TPSA) is 107 Å². The molecule has 0 bridgehead atoms. The second kappa shape index (κ2) is 7.08. The molecular weight excluding hydrogens is 328 g/mol. The number of pyridine rings is 1. The fourth-order valence-electron chi connectivity index (χ4n) is 2.24. The molecule has 8 heteroatoms. The van der Waals surface area contributed by atoms with Crippen LogP contribution in [-0.4, -0.2) is 29.8 Å². The first-order chi connectivity index (χ1) is 12.0. The molecule has 2 aromatic rings. The maximum Gasteiger partial charge on any atom is 0.344 e. The minimum atomic E-state index is -1.04. The number of hydrogen-bond acceptors (Lipinski definition) is 6. The molecular formula is C17H16N2O6. The zero-order valence-electron chi connectivity index (χ0n) is 13.4. The molecule has 3 rings (SSSR count). The van der Waals surface area contributed by atoms with E-state index in [1.165, 1.54) is 25.3 Å². The lowest BCUT2D eigenvalue weighted by atomic mass is 10.2. The van der Waals surface area contributed by atoms with Gasteiger partial charge < -0.3 is 24.5 Å². The van der Waals surface area contributed by atoms with Gasteiger partial charge in [-0.15, -0.1) is 0 Å². The molecule has 25 heavy (non-hydrogen) atoms. The molecule has 0 saturated heterocycles. The van der Waals surface area contributed by atoms with Crippen LogP contribution in [0, 0.1) is 0 Å². The quantitative estimate of drug-likeness (QED) is 0.783. The van der Waals surface area contributed by atoms with E-state index in [2.05, 4.69) is 10.3 Å². The molecule has 1 aromatic carbocycles. The van der Waals surface area contributed by atoms with Gasteiger partial charge in [0.2, 0.25) is 6.79 Å². The van der Waals surface area contributed by atoms with Gasteiger partial charge in [0, 0.05) is 12.7 Å². The van der Waals surface area contributed by atoms with Gasteiger partial charge in [0.05, 0.1) is 0 Å². The van der Waals surface area contributed by atoms with Gasteiger partial charge in [-0.25, -0.2) is 4.79 Å². The molecule has 2 heterocycles. The Hall–Kier alpha value is -3.29. The largest absolute Gasteiger partial charge is 0.454 e. The molecule has 0 radical (unpaired) electrons. The van der Waals surface area contributed by atoms with Crippen molar-refractivity contribution in [2.24, 2.45) is 0 Å². The average Bonchev–Trinajstić information content (AvgIpc) is 3.07. The monoisotopic (exact) mass is 344 g/mol. The molecule has 1 atom stereocenters. The lowest BCUT2D eigenvalue weighted by Gasteiger charge is -2.13. The zero-order chi connectivity index (χ0) is 17.8. The smallest absolute Gasteiger partial charge is 0.344 e. The number of aromatic amines is 1. The van der Waals surface area contributed by atoms with Crippen molar-refractivity contribution in [2.45, 2.75) is 19.6 Å². The van der Waals surface area contributed by atoms with Crippen LogP contribution in [0.5, 0.6) is 11.5 Å². The predicted octanol–water partition coefficient (Wildman–Crippen LogP) is 0.965. The highest BCUT2D eigenvalue weighted by Gasteiger charge is 2.20. The van der Waals surface area contributed by atoms with E-state index in [0.717, 1.165) is 5.56 Å². The van der Waals surface area contributed by atoms with Crippen molar-refractivity contribution in [3.8, 4) is 11.5 Å². The van der Waals surface area contributed by atoms with Crippen LogP contribution in [0.3, 0.4) is 0 Å². The maximum atomic E-state index is 12.1. The lowest BCUT2D eigenvalue weighted by Crippen LogP contribution is -2.36. The van der Waals surface area contributed by atoms with Crippen LogP contribution in [0.2, 0.25) is 0 Å². The van der Waals surface area contributed by atoms with E-state index < -0.39 is 23.5 Å². The SMILES string of the molecule is C[C@H](OC(=O)c1ccc[nH]c1=O)C(=O)NCc1ccc2c(c1)OCO2. The van der Waals surface area contributed by atoms with Crippen LogP contribution >= 0.6 is 0 Å². The predicted molar refractivity (Wildman–Crippen MR) is 86.4 cm³/mol. The summed E-state index contributed by atoms with van der Waals surface area (Å²) < 4.78 is 15.5. The molecule has 1 aliphatic rings. The summed E-state index contributed by atoms with van der Waals surface area (Å²) in [5, 5.41) is 2.66. The minimum absolute atomic E-state index is 0.155. The average molecular weight is 344 g/mol. The summed E-state index contributed by atoms with van der Waals surface area (Å²) in [6.07, 6.45) is 0.363. The molecule has 130 valence electrons. The van der Waals surface area contributed by atoms with E-state index in [-0.39, 0.29) is 18.9 Å². The van der Waals surface area contributed by atoms with E-state index in [4.69, 9.17) is 14.2 Å². The van der Waals surface area contributed by atoms with Crippen molar-refractivity contribution < 1.29 is 23.8 Å². The van der Waals surface area contributed by atoms with Crippen molar-refractivity contribution in [3.05, 3.63) is 58.0 Å². The first kappa shape index (κ1) is 16.6. The van der Waals surface area contributed by atoms with Crippen LogP contribution in [0.4, 0.5) is 0 Å². The molecule has 8 nitrogen and oxygen atoms in total. The Balaban J connectivity index is 1.55. The molecule has 0 unspecified atom stereocenters. The van der Waals surface area contributed by atoms with Crippen LogP contribution < -0.4 is 20.3 Å². The van der Waals surface area contributed by atoms with Crippen LogP contribution in [0.25, 0.3) is 0 Å². The highest BCUT2D eigenvalue weighted by molar-refractivity contribution is 5.91. The number of ether oxygens (including phenoxy) is 3. The van der Waals surface area contributed by atoms with Crippen molar-refractivity contribution in [1.29, 1.82) is 0 Å². The second-order valence-corrected chi connectivity index (χ2v) is 5.37. The molecule has 0 aliphatic carbocycles. The highest BCUT2D eigenvalue weighted by Crippen LogP contribution is 2.32. The molecule has 0 saturated carbocycles. The summed E-state index contributed by atoms with van der Waals surface area (Å²) in [7, 11) is 0. The summed E-state index contributed by atoms with van der Waals surface area (Å²) >= 11 is 0.